The first-order chi connectivity index (χ1) is 15.4. The van der Waals surface area contributed by atoms with E-state index in [-0.39, 0.29) is 49.1 Å². The van der Waals surface area contributed by atoms with E-state index in [2.05, 4.69) is 4.90 Å². The van der Waals surface area contributed by atoms with E-state index in [0.29, 0.717) is 44.0 Å². The van der Waals surface area contributed by atoms with E-state index in [4.69, 9.17) is 16.3 Å². The first-order valence-electron chi connectivity index (χ1n) is 10.9. The number of benzene rings is 1. The maximum absolute atomic E-state index is 12.4. The van der Waals surface area contributed by atoms with Crippen LogP contribution in [0.1, 0.15) is 19.3 Å². The Morgan fingerprint density at radius 3 is 2.28 bits per heavy atom. The molecule has 3 aliphatic rings. The second-order valence-electron chi connectivity index (χ2n) is 8.24. The van der Waals surface area contributed by atoms with Crippen molar-refractivity contribution in [3.05, 3.63) is 41.4 Å². The minimum absolute atomic E-state index is 0.00397. The Morgan fingerprint density at radius 1 is 1.00 bits per heavy atom. The van der Waals surface area contributed by atoms with Crippen molar-refractivity contribution >= 4 is 41.0 Å². The number of amides is 3. The predicted octanol–water partition coefficient (Wildman–Crippen LogP) is 1.87. The molecule has 32 heavy (non-hydrogen) atoms. The number of hydrogen-bond acceptors (Lipinski definition) is 6. The molecule has 0 bridgehead atoms. The molecule has 0 N–H and O–H groups in total. The van der Waals surface area contributed by atoms with Gasteiger partial charge in [0, 0.05) is 43.4 Å². The average Bonchev–Trinajstić information content (AvgIpc) is 3.06. The summed E-state index contributed by atoms with van der Waals surface area (Å²) < 4.78 is 5.11. The van der Waals surface area contributed by atoms with Gasteiger partial charge in [-0.25, -0.2) is 0 Å². The number of rotatable bonds is 6. The summed E-state index contributed by atoms with van der Waals surface area (Å²) in [6.07, 6.45) is 4.86. The molecule has 2 saturated heterocycles. The van der Waals surface area contributed by atoms with Crippen LogP contribution in [0.25, 0.3) is 0 Å². The number of likely N-dealkylation sites (tertiary alicyclic amines) is 1. The van der Waals surface area contributed by atoms with Gasteiger partial charge < -0.3 is 14.5 Å². The minimum atomic E-state index is -0.593. The van der Waals surface area contributed by atoms with Crippen LogP contribution >= 0.6 is 11.6 Å². The molecule has 2 aliphatic heterocycles. The van der Waals surface area contributed by atoms with Gasteiger partial charge in [-0.15, -0.1) is 0 Å². The summed E-state index contributed by atoms with van der Waals surface area (Å²) >= 11 is 6.05. The van der Waals surface area contributed by atoms with E-state index in [0.717, 1.165) is 5.69 Å². The zero-order valence-electron chi connectivity index (χ0n) is 17.7. The third-order valence-electron chi connectivity index (χ3n) is 6.30. The van der Waals surface area contributed by atoms with Crippen LogP contribution in [-0.2, 0) is 23.9 Å². The second-order valence-corrected chi connectivity index (χ2v) is 8.68. The molecule has 170 valence electrons. The Morgan fingerprint density at radius 2 is 1.66 bits per heavy atom. The molecule has 1 aromatic rings. The Kier molecular flexibility index (Phi) is 6.79. The Labute approximate surface area is 191 Å². The highest BCUT2D eigenvalue weighted by molar-refractivity contribution is 6.30. The van der Waals surface area contributed by atoms with Gasteiger partial charge in [0.15, 0.2) is 6.61 Å². The molecule has 4 rings (SSSR count). The number of nitrogens with zero attached hydrogens (tertiary/aromatic N) is 3. The number of carbonyl (C=O) groups excluding carboxylic acids is 4. The summed E-state index contributed by atoms with van der Waals surface area (Å²) in [5.41, 5.74) is 1.01. The summed E-state index contributed by atoms with van der Waals surface area (Å²) in [6.45, 7) is 2.03. The van der Waals surface area contributed by atoms with Gasteiger partial charge in [0.1, 0.15) is 0 Å². The van der Waals surface area contributed by atoms with Crippen LogP contribution in [0.3, 0.4) is 0 Å². The molecule has 0 radical (unpaired) electrons. The number of imide groups is 1. The molecule has 0 unspecified atom stereocenters. The fraction of sp³-hybridized carbons (Fsp3) is 0.478. The van der Waals surface area contributed by atoms with Crippen LogP contribution in [0.15, 0.2) is 36.4 Å². The number of allylic oxidation sites excluding steroid dienone is 2. The molecule has 0 saturated carbocycles. The topological polar surface area (TPSA) is 87.2 Å². The lowest BCUT2D eigenvalue weighted by Gasteiger charge is -2.36. The number of esters is 1. The summed E-state index contributed by atoms with van der Waals surface area (Å²) in [5.74, 6) is -1.90. The van der Waals surface area contributed by atoms with Crippen LogP contribution in [0.2, 0.25) is 5.02 Å². The number of carbonyl (C=O) groups is 4. The van der Waals surface area contributed by atoms with Crippen LogP contribution in [0.5, 0.6) is 0 Å². The van der Waals surface area contributed by atoms with Crippen molar-refractivity contribution in [3.8, 4) is 0 Å². The van der Waals surface area contributed by atoms with Crippen molar-refractivity contribution in [2.75, 3.05) is 44.2 Å². The van der Waals surface area contributed by atoms with Crippen LogP contribution in [-0.4, -0.2) is 72.8 Å². The molecule has 2 atom stereocenters. The van der Waals surface area contributed by atoms with E-state index in [9.17, 15) is 19.2 Å². The fourth-order valence-corrected chi connectivity index (χ4v) is 4.67. The van der Waals surface area contributed by atoms with E-state index >= 15 is 0 Å². The molecular weight excluding hydrogens is 434 g/mol. The second kappa shape index (κ2) is 9.73. The molecule has 8 nitrogen and oxygen atoms in total. The number of anilines is 1. The molecule has 0 aromatic heterocycles. The standard InChI is InChI=1S/C23H26ClN3O5/c24-16-4-3-5-17(14-16)25-10-12-26(13-11-25)20(28)15-32-21(29)8-9-27-22(30)18-6-1-2-7-19(18)23(27)31/h1-5,14,18-19H,6-13,15H2/t18-,19-/m1/s1. The summed E-state index contributed by atoms with van der Waals surface area (Å²) in [4.78, 5) is 54.4. The van der Waals surface area contributed by atoms with Gasteiger partial charge in [-0.2, -0.15) is 0 Å². The lowest BCUT2D eigenvalue weighted by Crippen LogP contribution is -2.50. The van der Waals surface area contributed by atoms with Gasteiger partial charge in [-0.3, -0.25) is 24.1 Å². The first kappa shape index (κ1) is 22.3. The monoisotopic (exact) mass is 459 g/mol. The number of piperazine rings is 1. The SMILES string of the molecule is O=C(CCN1C(=O)[C@@H]2CC=CC[C@H]2C1=O)OCC(=O)N1CCN(c2cccc(Cl)c2)CC1. The highest BCUT2D eigenvalue weighted by Crippen LogP contribution is 2.35. The van der Waals surface area contributed by atoms with E-state index in [1.54, 1.807) is 4.90 Å². The van der Waals surface area contributed by atoms with Gasteiger partial charge in [0.25, 0.3) is 5.91 Å². The zero-order chi connectivity index (χ0) is 22.7. The van der Waals surface area contributed by atoms with Crippen LogP contribution in [0, 0.1) is 11.8 Å². The van der Waals surface area contributed by atoms with Gasteiger partial charge in [0.05, 0.1) is 18.3 Å². The maximum atomic E-state index is 12.4. The first-order valence-corrected chi connectivity index (χ1v) is 11.3. The highest BCUT2D eigenvalue weighted by atomic mass is 35.5. The summed E-state index contributed by atoms with van der Waals surface area (Å²) in [6, 6.07) is 7.58. The van der Waals surface area contributed by atoms with Crippen LogP contribution in [0.4, 0.5) is 5.69 Å². The number of fused-ring (bicyclic) bond motifs is 1. The largest absolute Gasteiger partial charge is 0.456 e. The molecule has 1 aliphatic carbocycles. The molecule has 3 amide bonds. The zero-order valence-corrected chi connectivity index (χ0v) is 18.5. The van der Waals surface area contributed by atoms with Crippen molar-refractivity contribution in [1.82, 2.24) is 9.80 Å². The summed E-state index contributed by atoms with van der Waals surface area (Å²) in [5, 5.41) is 0.667. The minimum Gasteiger partial charge on any atom is -0.456 e. The van der Waals surface area contributed by atoms with Crippen molar-refractivity contribution in [1.29, 1.82) is 0 Å². The molecule has 2 heterocycles. The van der Waals surface area contributed by atoms with Gasteiger partial charge in [-0.05, 0) is 31.0 Å². The van der Waals surface area contributed by atoms with E-state index in [1.807, 2.05) is 36.4 Å². The molecule has 2 fully saturated rings. The lowest BCUT2D eigenvalue weighted by atomic mass is 9.85. The number of hydrogen-bond donors (Lipinski definition) is 0. The molecule has 9 heteroatoms. The van der Waals surface area contributed by atoms with E-state index < -0.39 is 5.97 Å². The smallest absolute Gasteiger partial charge is 0.308 e. The van der Waals surface area contributed by atoms with Gasteiger partial charge in [-0.1, -0.05) is 29.8 Å². The third kappa shape index (κ3) is 4.80. The molecule has 1 aromatic carbocycles. The van der Waals surface area contributed by atoms with Gasteiger partial charge >= 0.3 is 5.97 Å². The summed E-state index contributed by atoms with van der Waals surface area (Å²) in [7, 11) is 0. The predicted molar refractivity (Wildman–Crippen MR) is 118 cm³/mol. The van der Waals surface area contributed by atoms with Crippen LogP contribution < -0.4 is 4.90 Å². The molecule has 0 spiro atoms. The van der Waals surface area contributed by atoms with Crippen molar-refractivity contribution in [2.24, 2.45) is 11.8 Å². The lowest BCUT2D eigenvalue weighted by molar-refractivity contribution is -0.153. The van der Waals surface area contributed by atoms with Crippen molar-refractivity contribution in [2.45, 2.75) is 19.3 Å². The fourth-order valence-electron chi connectivity index (χ4n) is 4.49. The average molecular weight is 460 g/mol. The van der Waals surface area contributed by atoms with Crippen molar-refractivity contribution < 1.29 is 23.9 Å². The highest BCUT2D eigenvalue weighted by Gasteiger charge is 2.46. The molecular formula is C23H26ClN3O5. The number of halogens is 1. The number of ether oxygens (including phenoxy) is 1. The maximum Gasteiger partial charge on any atom is 0.308 e. The quantitative estimate of drug-likeness (QED) is 0.366. The normalized spacial score (nSPS) is 22.8. The Balaban J connectivity index is 1.18. The third-order valence-corrected chi connectivity index (χ3v) is 6.54. The van der Waals surface area contributed by atoms with E-state index in [1.165, 1.54) is 4.90 Å². The Hall–Kier alpha value is -2.87. The Bertz CT molecular complexity index is 915. The van der Waals surface area contributed by atoms with Gasteiger partial charge in [0.2, 0.25) is 11.8 Å². The van der Waals surface area contributed by atoms with Crippen molar-refractivity contribution in [3.63, 3.8) is 0 Å².